The molecule has 0 aromatic carbocycles. The van der Waals surface area contributed by atoms with Gasteiger partial charge in [0.25, 0.3) is 5.82 Å². The van der Waals surface area contributed by atoms with Gasteiger partial charge < -0.3 is 10.5 Å². The van der Waals surface area contributed by atoms with E-state index in [1.54, 1.807) is 18.5 Å². The van der Waals surface area contributed by atoms with Crippen molar-refractivity contribution in [1.29, 1.82) is 5.26 Å². The average molecular weight is 491 g/mol. The van der Waals surface area contributed by atoms with Crippen LogP contribution >= 0.6 is 0 Å². The number of halogens is 2. The first kappa shape index (κ1) is 24.1. The Hall–Kier alpha value is -4.99. The molecule has 0 bridgehead atoms. The van der Waals surface area contributed by atoms with Crippen LogP contribution in [-0.2, 0) is 23.7 Å². The van der Waals surface area contributed by atoms with E-state index in [9.17, 15) is 24.0 Å². The molecule has 4 heterocycles. The van der Waals surface area contributed by atoms with E-state index in [4.69, 9.17) is 0 Å². The minimum absolute atomic E-state index is 0.0492. The summed E-state index contributed by atoms with van der Waals surface area (Å²) in [6.07, 6.45) is 6.78. The van der Waals surface area contributed by atoms with Crippen LogP contribution in [0, 0.1) is 16.5 Å². The predicted molar refractivity (Wildman–Crippen MR) is 121 cm³/mol. The van der Waals surface area contributed by atoms with E-state index >= 15 is 0 Å². The number of nitrogens with one attached hydrogen (secondary N) is 2. The van der Waals surface area contributed by atoms with Crippen molar-refractivity contribution in [1.82, 2.24) is 30.0 Å². The van der Waals surface area contributed by atoms with Crippen molar-refractivity contribution in [3.63, 3.8) is 0 Å². The fraction of sp³-hybridized carbons (Fsp3) is 0.174. The van der Waals surface area contributed by atoms with Gasteiger partial charge >= 0.3 is 5.92 Å². The maximum absolute atomic E-state index is 14.5. The Balaban J connectivity index is 1.46. The van der Waals surface area contributed by atoms with E-state index in [0.29, 0.717) is 11.3 Å². The molecule has 1 amide bonds. The highest BCUT2D eigenvalue weighted by Crippen LogP contribution is 2.26. The predicted octanol–water partition coefficient (Wildman–Crippen LogP) is 1.63. The van der Waals surface area contributed by atoms with Gasteiger partial charge in [-0.25, -0.2) is 14.4 Å². The van der Waals surface area contributed by atoms with Gasteiger partial charge in [0.15, 0.2) is 6.54 Å². The maximum Gasteiger partial charge on any atom is 0.325 e. The Bertz CT molecular complexity index is 1390. The van der Waals surface area contributed by atoms with Gasteiger partial charge in [-0.3, -0.25) is 20.1 Å². The summed E-state index contributed by atoms with van der Waals surface area (Å²) < 4.78 is 30.7. The Morgan fingerprint density at radius 3 is 2.78 bits per heavy atom. The zero-order chi connectivity index (χ0) is 25.5. The quantitative estimate of drug-likeness (QED) is 0.265. The first-order chi connectivity index (χ1) is 17.4. The highest BCUT2D eigenvalue weighted by atomic mass is 19.3. The van der Waals surface area contributed by atoms with Crippen LogP contribution in [0.4, 0.5) is 14.6 Å². The third-order valence-corrected chi connectivity index (χ3v) is 5.18. The normalized spacial score (nSPS) is 11.0. The van der Waals surface area contributed by atoms with E-state index in [-0.39, 0.29) is 28.4 Å². The summed E-state index contributed by atoms with van der Waals surface area (Å²) in [7, 11) is 0. The molecule has 0 radical (unpaired) electrons. The molecule has 36 heavy (non-hydrogen) atoms. The Kier molecular flexibility index (Phi) is 7.05. The first-order valence-corrected chi connectivity index (χ1v) is 10.6. The molecule has 0 saturated heterocycles. The largest absolute Gasteiger partial charge is 0.710 e. The topological polar surface area (TPSA) is 148 Å². The second-order valence-electron chi connectivity index (χ2n) is 7.56. The van der Waals surface area contributed by atoms with Crippen LogP contribution in [0.25, 0.3) is 5.69 Å². The summed E-state index contributed by atoms with van der Waals surface area (Å²) >= 11 is 0. The average Bonchev–Trinajstić information content (AvgIpc) is 3.43. The lowest BCUT2D eigenvalue weighted by Gasteiger charge is -2.18. The Morgan fingerprint density at radius 2 is 2.06 bits per heavy atom. The van der Waals surface area contributed by atoms with Gasteiger partial charge in [0.1, 0.15) is 30.1 Å². The van der Waals surface area contributed by atoms with Gasteiger partial charge in [0.05, 0.1) is 17.7 Å². The number of anilines is 1. The molecule has 0 spiro atoms. The van der Waals surface area contributed by atoms with Gasteiger partial charge in [0, 0.05) is 36.8 Å². The van der Waals surface area contributed by atoms with Gasteiger partial charge in [-0.2, -0.15) is 19.1 Å². The number of pyridine rings is 3. The lowest BCUT2D eigenvalue weighted by atomic mass is 10.1. The molecule has 11 nitrogen and oxygen atoms in total. The second kappa shape index (κ2) is 10.5. The number of nitriles is 1. The summed E-state index contributed by atoms with van der Waals surface area (Å²) in [4.78, 5) is 24.2. The van der Waals surface area contributed by atoms with Crippen molar-refractivity contribution < 1.29 is 18.3 Å². The summed E-state index contributed by atoms with van der Waals surface area (Å²) in [6, 6.07) is 10.2. The molecule has 182 valence electrons. The molecule has 4 aromatic rings. The second-order valence-corrected chi connectivity index (χ2v) is 7.56. The minimum atomic E-state index is -3.36. The summed E-state index contributed by atoms with van der Waals surface area (Å²) in [5, 5.41) is 31.4. The standard InChI is InChI=1S/C23H19F2N9O2/c24-23(25,20-3-1-2-7-29-20)13-31-21-5-4-16(10-26)19(34(21)36)9-22(35)30-12-17-11-27-8-6-18(17)33-15-28-14-32-33/h1-8,11,14-15,31H,9,12-13H2,(H,30,35). The fourth-order valence-corrected chi connectivity index (χ4v) is 3.37. The maximum atomic E-state index is 14.5. The van der Waals surface area contributed by atoms with Crippen molar-refractivity contribution >= 4 is 11.7 Å². The summed E-state index contributed by atoms with van der Waals surface area (Å²) in [5.41, 5.74) is 0.609. The van der Waals surface area contributed by atoms with Crippen molar-refractivity contribution in [2.45, 2.75) is 18.9 Å². The van der Waals surface area contributed by atoms with Crippen molar-refractivity contribution in [3.8, 4) is 11.8 Å². The van der Waals surface area contributed by atoms with E-state index in [1.807, 2.05) is 6.07 Å². The van der Waals surface area contributed by atoms with Gasteiger partial charge in [-0.1, -0.05) is 6.07 Å². The number of amides is 1. The molecule has 2 N–H and O–H groups in total. The number of carbonyl (C=O) groups excluding carboxylic acids is 1. The SMILES string of the molecule is N#Cc1ccc(NCC(F)(F)c2ccccn2)[n+]([O-])c1CC(=O)NCc1cnccc1-n1cncn1. The van der Waals surface area contributed by atoms with E-state index in [1.165, 1.54) is 53.9 Å². The summed E-state index contributed by atoms with van der Waals surface area (Å²) in [6.45, 7) is -0.841. The number of hydrogen-bond donors (Lipinski definition) is 2. The van der Waals surface area contributed by atoms with Crippen LogP contribution in [-0.4, -0.2) is 37.2 Å². The highest BCUT2D eigenvalue weighted by Gasteiger charge is 2.35. The molecule has 4 aromatic heterocycles. The summed E-state index contributed by atoms with van der Waals surface area (Å²) in [5.74, 6) is -4.14. The molecule has 0 aliphatic rings. The van der Waals surface area contributed by atoms with Crippen molar-refractivity contribution in [2.24, 2.45) is 0 Å². The molecular formula is C23H19F2N9O2. The number of aromatic nitrogens is 6. The molecule has 13 heteroatoms. The fourth-order valence-electron chi connectivity index (χ4n) is 3.37. The smallest absolute Gasteiger partial charge is 0.325 e. The van der Waals surface area contributed by atoms with Crippen LogP contribution in [0.1, 0.15) is 22.5 Å². The van der Waals surface area contributed by atoms with Crippen LogP contribution in [0.15, 0.2) is 67.6 Å². The molecule has 0 atom stereocenters. The lowest BCUT2D eigenvalue weighted by Crippen LogP contribution is -2.41. The Labute approximate surface area is 203 Å². The van der Waals surface area contributed by atoms with E-state index in [0.717, 1.165) is 0 Å². The van der Waals surface area contributed by atoms with E-state index in [2.05, 4.69) is 30.7 Å². The molecule has 0 fully saturated rings. The lowest BCUT2D eigenvalue weighted by molar-refractivity contribution is -0.598. The molecule has 0 unspecified atom stereocenters. The van der Waals surface area contributed by atoms with Crippen molar-refractivity contribution in [2.75, 3.05) is 11.9 Å². The van der Waals surface area contributed by atoms with Crippen LogP contribution < -0.4 is 15.4 Å². The third kappa shape index (κ3) is 5.39. The molecule has 4 rings (SSSR count). The molecular weight excluding hydrogens is 472 g/mol. The third-order valence-electron chi connectivity index (χ3n) is 5.18. The zero-order valence-corrected chi connectivity index (χ0v) is 18.7. The van der Waals surface area contributed by atoms with Crippen LogP contribution in [0.5, 0.6) is 0 Å². The van der Waals surface area contributed by atoms with E-state index < -0.39 is 30.5 Å². The number of alkyl halides is 2. The van der Waals surface area contributed by atoms with Gasteiger partial charge in [-0.05, 0) is 24.3 Å². The first-order valence-electron chi connectivity index (χ1n) is 10.6. The van der Waals surface area contributed by atoms with Crippen LogP contribution in [0.2, 0.25) is 0 Å². The highest BCUT2D eigenvalue weighted by molar-refractivity contribution is 5.78. The molecule has 0 aliphatic carbocycles. The number of nitrogens with zero attached hydrogens (tertiary/aromatic N) is 7. The molecule has 0 saturated carbocycles. The van der Waals surface area contributed by atoms with Gasteiger partial charge in [0.2, 0.25) is 5.91 Å². The zero-order valence-electron chi connectivity index (χ0n) is 18.7. The van der Waals surface area contributed by atoms with Gasteiger partial charge in [-0.15, -0.1) is 0 Å². The van der Waals surface area contributed by atoms with Crippen molar-refractivity contribution in [3.05, 3.63) is 95.4 Å². The number of rotatable bonds is 9. The monoisotopic (exact) mass is 491 g/mol. The Morgan fingerprint density at radius 1 is 1.19 bits per heavy atom. The number of hydrogen-bond acceptors (Lipinski definition) is 8. The number of carbonyl (C=O) groups is 1. The minimum Gasteiger partial charge on any atom is -0.710 e. The van der Waals surface area contributed by atoms with Crippen LogP contribution in [0.3, 0.4) is 0 Å². The molecule has 0 aliphatic heterocycles.